The number of halogens is 1. The third kappa shape index (κ3) is 2.68. The zero-order valence-corrected chi connectivity index (χ0v) is 11.5. The predicted octanol–water partition coefficient (Wildman–Crippen LogP) is 3.80. The van der Waals surface area contributed by atoms with Gasteiger partial charge in [-0.3, -0.25) is 4.98 Å². The minimum atomic E-state index is 0.140. The van der Waals surface area contributed by atoms with Gasteiger partial charge in [0.25, 0.3) is 0 Å². The Morgan fingerprint density at radius 1 is 1.47 bits per heavy atom. The number of aryl methyl sites for hydroxylation is 1. The number of hydrogen-bond acceptors (Lipinski definition) is 3. The lowest BCUT2D eigenvalue weighted by Gasteiger charge is -2.19. The summed E-state index contributed by atoms with van der Waals surface area (Å²) in [6.45, 7) is 5.02. The Bertz CT molecular complexity index is 496. The lowest BCUT2D eigenvalue weighted by Crippen LogP contribution is -2.22. The van der Waals surface area contributed by atoms with Crippen molar-refractivity contribution in [2.24, 2.45) is 0 Å². The molecule has 1 N–H and O–H groups in total. The summed E-state index contributed by atoms with van der Waals surface area (Å²) in [5.41, 5.74) is 2.24. The van der Waals surface area contributed by atoms with Crippen LogP contribution in [0.5, 0.6) is 0 Å². The number of pyridine rings is 1. The zero-order chi connectivity index (χ0) is 12.3. The fourth-order valence-corrected chi connectivity index (χ4v) is 3.12. The van der Waals surface area contributed by atoms with Gasteiger partial charge in [-0.25, -0.2) is 0 Å². The van der Waals surface area contributed by atoms with Crippen LogP contribution in [-0.2, 0) is 0 Å². The highest BCUT2D eigenvalue weighted by molar-refractivity contribution is 7.10. The van der Waals surface area contributed by atoms with E-state index in [4.69, 9.17) is 11.6 Å². The topological polar surface area (TPSA) is 24.9 Å². The van der Waals surface area contributed by atoms with Crippen LogP contribution in [0, 0.1) is 6.92 Å². The molecule has 2 aromatic heterocycles. The van der Waals surface area contributed by atoms with E-state index < -0.39 is 0 Å². The van der Waals surface area contributed by atoms with Crippen LogP contribution in [0.4, 0.5) is 0 Å². The van der Waals surface area contributed by atoms with Crippen LogP contribution in [0.1, 0.15) is 29.1 Å². The Balaban J connectivity index is 2.43. The zero-order valence-electron chi connectivity index (χ0n) is 9.90. The summed E-state index contributed by atoms with van der Waals surface area (Å²) in [7, 11) is 0. The summed E-state index contributed by atoms with van der Waals surface area (Å²) < 4.78 is 0. The maximum absolute atomic E-state index is 6.22. The number of thiophene rings is 1. The van der Waals surface area contributed by atoms with Crippen molar-refractivity contribution in [3.05, 3.63) is 50.9 Å². The highest BCUT2D eigenvalue weighted by Crippen LogP contribution is 2.33. The minimum Gasteiger partial charge on any atom is -0.306 e. The normalized spacial score (nSPS) is 12.6. The number of rotatable bonds is 4. The lowest BCUT2D eigenvalue weighted by atomic mass is 10.0. The van der Waals surface area contributed by atoms with Gasteiger partial charge in [0.1, 0.15) is 0 Å². The van der Waals surface area contributed by atoms with Crippen molar-refractivity contribution in [2.45, 2.75) is 19.9 Å². The Hall–Kier alpha value is -0.900. The van der Waals surface area contributed by atoms with E-state index in [2.05, 4.69) is 23.3 Å². The van der Waals surface area contributed by atoms with E-state index in [0.717, 1.165) is 22.1 Å². The Labute approximate surface area is 111 Å². The summed E-state index contributed by atoms with van der Waals surface area (Å²) in [5.74, 6) is 0. The second kappa shape index (κ2) is 5.63. The van der Waals surface area contributed by atoms with E-state index in [1.165, 1.54) is 5.56 Å². The molecule has 17 heavy (non-hydrogen) atoms. The Morgan fingerprint density at radius 2 is 2.29 bits per heavy atom. The molecule has 0 spiro atoms. The van der Waals surface area contributed by atoms with Crippen molar-refractivity contribution in [1.29, 1.82) is 0 Å². The molecule has 0 saturated carbocycles. The van der Waals surface area contributed by atoms with Crippen molar-refractivity contribution < 1.29 is 0 Å². The van der Waals surface area contributed by atoms with Gasteiger partial charge in [-0.2, -0.15) is 0 Å². The standard InChI is InChI=1S/C13H15ClN2S/c1-3-15-12(13-11(14)6-8-17-13)10-5-4-7-16-9(10)2/h4-8,12,15H,3H2,1-2H3. The van der Waals surface area contributed by atoms with Crippen molar-refractivity contribution in [3.8, 4) is 0 Å². The molecule has 90 valence electrons. The van der Waals surface area contributed by atoms with E-state index >= 15 is 0 Å². The molecule has 0 aromatic carbocycles. The van der Waals surface area contributed by atoms with Crippen LogP contribution in [0.25, 0.3) is 0 Å². The van der Waals surface area contributed by atoms with Gasteiger partial charge < -0.3 is 5.32 Å². The smallest absolute Gasteiger partial charge is 0.0703 e. The average Bonchev–Trinajstić information content (AvgIpc) is 2.74. The van der Waals surface area contributed by atoms with E-state index in [0.29, 0.717) is 0 Å². The van der Waals surface area contributed by atoms with Crippen LogP contribution >= 0.6 is 22.9 Å². The molecule has 0 fully saturated rings. The molecule has 0 saturated heterocycles. The maximum Gasteiger partial charge on any atom is 0.0703 e. The van der Waals surface area contributed by atoms with Gasteiger partial charge >= 0.3 is 0 Å². The Morgan fingerprint density at radius 3 is 2.88 bits per heavy atom. The van der Waals surface area contributed by atoms with Gasteiger partial charge in [0.15, 0.2) is 0 Å². The van der Waals surface area contributed by atoms with Crippen molar-refractivity contribution in [3.63, 3.8) is 0 Å². The SMILES string of the molecule is CCNC(c1cccnc1C)c1sccc1Cl. The van der Waals surface area contributed by atoms with Crippen LogP contribution < -0.4 is 5.32 Å². The van der Waals surface area contributed by atoms with Gasteiger partial charge in [-0.05, 0) is 36.5 Å². The van der Waals surface area contributed by atoms with Crippen molar-refractivity contribution >= 4 is 22.9 Å². The quantitative estimate of drug-likeness (QED) is 0.910. The number of nitrogens with one attached hydrogen (secondary N) is 1. The van der Waals surface area contributed by atoms with E-state index in [-0.39, 0.29) is 6.04 Å². The number of aromatic nitrogens is 1. The van der Waals surface area contributed by atoms with Crippen LogP contribution in [0.15, 0.2) is 29.8 Å². The average molecular weight is 267 g/mol. The third-order valence-electron chi connectivity index (χ3n) is 2.67. The van der Waals surface area contributed by atoms with E-state index in [1.807, 2.05) is 30.6 Å². The molecule has 2 aromatic rings. The molecule has 2 heterocycles. The first kappa shape index (κ1) is 12.6. The van der Waals surface area contributed by atoms with Gasteiger partial charge in [-0.1, -0.05) is 24.6 Å². The van der Waals surface area contributed by atoms with Crippen LogP contribution in [0.2, 0.25) is 5.02 Å². The summed E-state index contributed by atoms with van der Waals surface area (Å²) in [6.07, 6.45) is 1.82. The largest absolute Gasteiger partial charge is 0.306 e. The molecular formula is C13H15ClN2S. The molecule has 0 bridgehead atoms. The monoisotopic (exact) mass is 266 g/mol. The summed E-state index contributed by atoms with van der Waals surface area (Å²) >= 11 is 7.90. The second-order valence-electron chi connectivity index (χ2n) is 3.80. The second-order valence-corrected chi connectivity index (χ2v) is 5.16. The molecule has 1 atom stereocenters. The minimum absolute atomic E-state index is 0.140. The van der Waals surface area contributed by atoms with Gasteiger partial charge in [-0.15, -0.1) is 11.3 Å². The summed E-state index contributed by atoms with van der Waals surface area (Å²) in [4.78, 5) is 5.50. The van der Waals surface area contributed by atoms with E-state index in [1.54, 1.807) is 11.3 Å². The van der Waals surface area contributed by atoms with Crippen molar-refractivity contribution in [1.82, 2.24) is 10.3 Å². The molecule has 1 unspecified atom stereocenters. The first-order valence-corrected chi connectivity index (χ1v) is 6.87. The summed E-state index contributed by atoms with van der Waals surface area (Å²) in [6, 6.07) is 6.15. The Kier molecular flexibility index (Phi) is 4.15. The predicted molar refractivity (Wildman–Crippen MR) is 73.8 cm³/mol. The molecule has 4 heteroatoms. The summed E-state index contributed by atoms with van der Waals surface area (Å²) in [5, 5.41) is 6.31. The van der Waals surface area contributed by atoms with E-state index in [9.17, 15) is 0 Å². The lowest BCUT2D eigenvalue weighted by molar-refractivity contribution is 0.634. The third-order valence-corrected chi connectivity index (χ3v) is 4.10. The first-order chi connectivity index (χ1) is 8.24. The van der Waals surface area contributed by atoms with Gasteiger partial charge in [0.05, 0.1) is 11.1 Å². The highest BCUT2D eigenvalue weighted by Gasteiger charge is 2.19. The molecule has 0 aliphatic rings. The molecule has 0 aliphatic heterocycles. The van der Waals surface area contributed by atoms with Crippen molar-refractivity contribution in [2.75, 3.05) is 6.54 Å². The molecular weight excluding hydrogens is 252 g/mol. The first-order valence-electron chi connectivity index (χ1n) is 5.61. The van der Waals surface area contributed by atoms with Crippen LogP contribution in [-0.4, -0.2) is 11.5 Å². The molecule has 0 radical (unpaired) electrons. The maximum atomic E-state index is 6.22. The molecule has 0 amide bonds. The highest BCUT2D eigenvalue weighted by atomic mass is 35.5. The van der Waals surface area contributed by atoms with Crippen LogP contribution in [0.3, 0.4) is 0 Å². The van der Waals surface area contributed by atoms with Gasteiger partial charge in [0.2, 0.25) is 0 Å². The molecule has 2 nitrogen and oxygen atoms in total. The fourth-order valence-electron chi connectivity index (χ4n) is 1.86. The number of nitrogens with zero attached hydrogens (tertiary/aromatic N) is 1. The van der Waals surface area contributed by atoms with Gasteiger partial charge in [0, 0.05) is 16.8 Å². The number of hydrogen-bond donors (Lipinski definition) is 1. The fraction of sp³-hybridized carbons (Fsp3) is 0.308. The molecule has 2 rings (SSSR count). The molecule has 0 aliphatic carbocycles.